The average molecular weight is 306 g/mol. The number of nitrogens with zero attached hydrogens (tertiary/aromatic N) is 4. The van der Waals surface area contributed by atoms with Gasteiger partial charge in [-0.1, -0.05) is 11.8 Å². The van der Waals surface area contributed by atoms with Crippen molar-refractivity contribution < 1.29 is 4.39 Å². The van der Waals surface area contributed by atoms with Crippen LogP contribution >= 0.6 is 11.8 Å². The van der Waals surface area contributed by atoms with Crippen LogP contribution in [0.5, 0.6) is 0 Å². The second-order valence-electron chi connectivity index (χ2n) is 6.63. The molecule has 0 aromatic carbocycles. The molecule has 0 aliphatic heterocycles. The molecule has 4 nitrogen and oxygen atoms in total. The fraction of sp³-hybridized carbons (Fsp3) is 0.667. The SMILES string of the molecule is Cc1nc2nc(SCC3CC4(C3)CC4F)nn2c(C)c1C. The van der Waals surface area contributed by atoms with Crippen LogP contribution in [-0.2, 0) is 0 Å². The molecule has 2 aliphatic rings. The number of fused-ring (bicyclic) bond motifs is 1. The molecule has 2 saturated carbocycles. The van der Waals surface area contributed by atoms with E-state index in [1.807, 2.05) is 18.4 Å². The van der Waals surface area contributed by atoms with E-state index in [4.69, 9.17) is 0 Å². The van der Waals surface area contributed by atoms with E-state index in [9.17, 15) is 4.39 Å². The first kappa shape index (κ1) is 13.5. The van der Waals surface area contributed by atoms with E-state index in [0.29, 0.717) is 11.7 Å². The molecule has 1 unspecified atom stereocenters. The summed E-state index contributed by atoms with van der Waals surface area (Å²) in [5.41, 5.74) is 3.35. The number of thioether (sulfide) groups is 1. The van der Waals surface area contributed by atoms with Crippen molar-refractivity contribution in [3.05, 3.63) is 17.0 Å². The molecule has 0 bridgehead atoms. The van der Waals surface area contributed by atoms with Crippen LogP contribution < -0.4 is 0 Å². The highest BCUT2D eigenvalue weighted by molar-refractivity contribution is 7.99. The fourth-order valence-corrected chi connectivity index (χ4v) is 4.33. The zero-order chi connectivity index (χ0) is 14.8. The summed E-state index contributed by atoms with van der Waals surface area (Å²) in [6, 6.07) is 0. The minimum absolute atomic E-state index is 0.0872. The van der Waals surface area contributed by atoms with Crippen molar-refractivity contribution in [3.63, 3.8) is 0 Å². The summed E-state index contributed by atoms with van der Waals surface area (Å²) in [4.78, 5) is 8.99. The number of hydrogen-bond acceptors (Lipinski definition) is 4. The normalized spacial score (nSPS) is 30.9. The molecule has 0 saturated heterocycles. The first-order valence-electron chi connectivity index (χ1n) is 7.46. The van der Waals surface area contributed by atoms with Crippen LogP contribution in [0.3, 0.4) is 0 Å². The Hall–Kier alpha value is -1.17. The Morgan fingerprint density at radius 2 is 1.95 bits per heavy atom. The summed E-state index contributed by atoms with van der Waals surface area (Å²) < 4.78 is 15.0. The van der Waals surface area contributed by atoms with E-state index in [1.165, 1.54) is 0 Å². The van der Waals surface area contributed by atoms with E-state index < -0.39 is 6.17 Å². The summed E-state index contributed by atoms with van der Waals surface area (Å²) >= 11 is 1.67. The average Bonchev–Trinajstić information content (AvgIpc) is 2.90. The molecular formula is C15H19FN4S. The molecule has 2 aromatic rings. The topological polar surface area (TPSA) is 43.1 Å². The van der Waals surface area contributed by atoms with Crippen molar-refractivity contribution in [1.82, 2.24) is 19.6 Å². The Balaban J connectivity index is 1.46. The molecule has 2 heterocycles. The van der Waals surface area contributed by atoms with Gasteiger partial charge < -0.3 is 0 Å². The van der Waals surface area contributed by atoms with E-state index >= 15 is 0 Å². The minimum atomic E-state index is -0.523. The zero-order valence-electron chi connectivity index (χ0n) is 12.6. The number of aryl methyl sites for hydroxylation is 2. The van der Waals surface area contributed by atoms with Crippen molar-refractivity contribution in [2.45, 2.75) is 51.4 Å². The summed E-state index contributed by atoms with van der Waals surface area (Å²) in [6.07, 6.45) is 2.36. The van der Waals surface area contributed by atoms with Crippen molar-refractivity contribution >= 4 is 17.5 Å². The van der Waals surface area contributed by atoms with Crippen LogP contribution in [0.4, 0.5) is 4.39 Å². The molecule has 2 fully saturated rings. The van der Waals surface area contributed by atoms with E-state index in [0.717, 1.165) is 47.1 Å². The van der Waals surface area contributed by atoms with Gasteiger partial charge in [-0.2, -0.15) is 4.98 Å². The monoisotopic (exact) mass is 306 g/mol. The van der Waals surface area contributed by atoms with Gasteiger partial charge >= 0.3 is 0 Å². The van der Waals surface area contributed by atoms with Gasteiger partial charge in [0.25, 0.3) is 5.78 Å². The minimum Gasteiger partial charge on any atom is -0.247 e. The molecule has 6 heteroatoms. The zero-order valence-corrected chi connectivity index (χ0v) is 13.4. The molecule has 1 atom stereocenters. The predicted octanol–water partition coefficient (Wildman–Crippen LogP) is 3.28. The van der Waals surface area contributed by atoms with Crippen molar-refractivity contribution in [2.75, 3.05) is 5.75 Å². The van der Waals surface area contributed by atoms with Gasteiger partial charge in [0.15, 0.2) is 0 Å². The second-order valence-corrected chi connectivity index (χ2v) is 7.62. The van der Waals surface area contributed by atoms with Gasteiger partial charge in [-0.15, -0.1) is 5.10 Å². The van der Waals surface area contributed by atoms with Gasteiger partial charge in [0.05, 0.1) is 0 Å². The molecule has 112 valence electrons. The first-order chi connectivity index (χ1) is 9.98. The van der Waals surface area contributed by atoms with E-state index in [1.54, 1.807) is 11.8 Å². The molecule has 0 N–H and O–H groups in total. The maximum Gasteiger partial charge on any atom is 0.253 e. The number of rotatable bonds is 3. The van der Waals surface area contributed by atoms with Gasteiger partial charge in [-0.25, -0.2) is 13.9 Å². The van der Waals surface area contributed by atoms with Crippen LogP contribution in [0.2, 0.25) is 0 Å². The fourth-order valence-electron chi connectivity index (χ4n) is 3.42. The molecule has 0 radical (unpaired) electrons. The van der Waals surface area contributed by atoms with Crippen LogP contribution in [0, 0.1) is 32.1 Å². The van der Waals surface area contributed by atoms with Gasteiger partial charge in [-0.05, 0) is 51.5 Å². The number of aromatic nitrogens is 4. The molecule has 1 spiro atoms. The Bertz CT molecular complexity index is 720. The third kappa shape index (κ3) is 2.06. The smallest absolute Gasteiger partial charge is 0.247 e. The predicted molar refractivity (Wildman–Crippen MR) is 80.4 cm³/mol. The highest BCUT2D eigenvalue weighted by Crippen LogP contribution is 2.65. The lowest BCUT2D eigenvalue weighted by molar-refractivity contribution is 0.153. The number of alkyl halides is 1. The van der Waals surface area contributed by atoms with Gasteiger partial charge in [0, 0.05) is 22.6 Å². The second kappa shape index (κ2) is 4.41. The largest absolute Gasteiger partial charge is 0.253 e. The lowest BCUT2D eigenvalue weighted by Crippen LogP contribution is -2.29. The van der Waals surface area contributed by atoms with E-state index in [-0.39, 0.29) is 5.41 Å². The van der Waals surface area contributed by atoms with Crippen LogP contribution in [0.1, 0.15) is 36.2 Å². The molecular weight excluding hydrogens is 287 g/mol. The maximum absolute atomic E-state index is 13.2. The lowest BCUT2D eigenvalue weighted by atomic mass is 9.73. The molecule has 0 amide bonds. The van der Waals surface area contributed by atoms with Gasteiger partial charge in [0.1, 0.15) is 6.17 Å². The highest BCUT2D eigenvalue weighted by Gasteiger charge is 2.62. The third-order valence-electron chi connectivity index (χ3n) is 5.17. The van der Waals surface area contributed by atoms with E-state index in [2.05, 4.69) is 22.0 Å². The Labute approximate surface area is 127 Å². The molecule has 2 aliphatic carbocycles. The Kier molecular flexibility index (Phi) is 2.83. The van der Waals surface area contributed by atoms with Crippen LogP contribution in [0.25, 0.3) is 5.78 Å². The van der Waals surface area contributed by atoms with Crippen molar-refractivity contribution in [3.8, 4) is 0 Å². The Morgan fingerprint density at radius 1 is 1.24 bits per heavy atom. The standard InChI is InChI=1S/C15H19FN4S/c1-8-9(2)17-13-18-14(19-20(13)10(8)3)21-7-11-4-15(5-11)6-12(15)16/h11-12H,4-7H2,1-3H3. The lowest BCUT2D eigenvalue weighted by Gasteiger charge is -2.35. The van der Waals surface area contributed by atoms with Gasteiger partial charge in [0.2, 0.25) is 5.16 Å². The summed E-state index contributed by atoms with van der Waals surface area (Å²) in [5.74, 6) is 2.29. The summed E-state index contributed by atoms with van der Waals surface area (Å²) in [7, 11) is 0. The van der Waals surface area contributed by atoms with Crippen LogP contribution in [0.15, 0.2) is 5.16 Å². The quantitative estimate of drug-likeness (QED) is 0.816. The molecule has 2 aromatic heterocycles. The summed E-state index contributed by atoms with van der Waals surface area (Å²) in [6.45, 7) is 6.10. The number of hydrogen-bond donors (Lipinski definition) is 0. The van der Waals surface area contributed by atoms with Crippen molar-refractivity contribution in [1.29, 1.82) is 0 Å². The highest BCUT2D eigenvalue weighted by atomic mass is 32.2. The summed E-state index contributed by atoms with van der Waals surface area (Å²) in [5, 5.41) is 5.33. The third-order valence-corrected chi connectivity index (χ3v) is 6.24. The van der Waals surface area contributed by atoms with Crippen molar-refractivity contribution in [2.24, 2.45) is 11.3 Å². The van der Waals surface area contributed by atoms with Gasteiger partial charge in [-0.3, -0.25) is 0 Å². The maximum atomic E-state index is 13.2. The molecule has 21 heavy (non-hydrogen) atoms. The van der Waals surface area contributed by atoms with Crippen LogP contribution in [-0.4, -0.2) is 31.5 Å². The Morgan fingerprint density at radius 3 is 2.62 bits per heavy atom. The number of halogens is 1. The molecule has 4 rings (SSSR count). The first-order valence-corrected chi connectivity index (χ1v) is 8.44.